The number of halogens is 2. The van der Waals surface area contributed by atoms with Crippen LogP contribution < -0.4 is 4.74 Å². The first-order valence-corrected chi connectivity index (χ1v) is 6.79. The molecule has 0 aromatic heterocycles. The van der Waals surface area contributed by atoms with Crippen LogP contribution >= 0.6 is 31.9 Å². The number of carbonyl (C=O) groups excluding carboxylic acids is 1. The number of ketones is 1. The molecule has 0 fully saturated rings. The second kappa shape index (κ2) is 6.28. The van der Waals surface area contributed by atoms with Gasteiger partial charge in [0.05, 0.1) is 7.11 Å². The molecule has 82 valence electrons. The lowest BCUT2D eigenvalue weighted by atomic mass is 10.1. The fraction of sp³-hybridized carbons (Fsp3) is 0.364. The first-order valence-electron chi connectivity index (χ1n) is 4.55. The third kappa shape index (κ3) is 3.31. The number of Topliss-reactive ketones (excluding diaryl/α,β-unsaturated/α-hetero) is 1. The number of methoxy groups -OCH3 is 1. The first kappa shape index (κ1) is 12.7. The molecule has 4 heteroatoms. The van der Waals surface area contributed by atoms with Crippen LogP contribution in [0.15, 0.2) is 18.2 Å². The minimum atomic E-state index is 0.150. The summed E-state index contributed by atoms with van der Waals surface area (Å²) in [5, 5.41) is 1.38. The predicted octanol–water partition coefficient (Wildman–Crippen LogP) is 3.56. The normalized spacial score (nSPS) is 10.1. The Morgan fingerprint density at radius 1 is 1.40 bits per heavy atom. The second-order valence-electron chi connectivity index (χ2n) is 3.02. The van der Waals surface area contributed by atoms with Crippen LogP contribution in [0.2, 0.25) is 0 Å². The molecule has 0 bridgehead atoms. The van der Waals surface area contributed by atoms with Gasteiger partial charge in [-0.2, -0.15) is 0 Å². The van der Waals surface area contributed by atoms with E-state index < -0.39 is 0 Å². The molecule has 0 unspecified atom stereocenters. The monoisotopic (exact) mass is 334 g/mol. The third-order valence-electron chi connectivity index (χ3n) is 2.07. The van der Waals surface area contributed by atoms with E-state index >= 15 is 0 Å². The van der Waals surface area contributed by atoms with Gasteiger partial charge in [-0.05, 0) is 18.2 Å². The largest absolute Gasteiger partial charge is 0.496 e. The van der Waals surface area contributed by atoms with Gasteiger partial charge in [-0.25, -0.2) is 0 Å². The summed E-state index contributed by atoms with van der Waals surface area (Å²) in [6.45, 7) is 0. The molecule has 0 spiro atoms. The van der Waals surface area contributed by atoms with Crippen LogP contribution in [0.25, 0.3) is 0 Å². The summed E-state index contributed by atoms with van der Waals surface area (Å²) in [7, 11) is 1.63. The van der Waals surface area contributed by atoms with Crippen LogP contribution in [0.4, 0.5) is 0 Å². The maximum atomic E-state index is 11.6. The molecule has 2 nitrogen and oxygen atoms in total. The van der Waals surface area contributed by atoms with Gasteiger partial charge >= 0.3 is 0 Å². The Morgan fingerprint density at radius 3 is 2.67 bits per heavy atom. The predicted molar refractivity (Wildman–Crippen MR) is 68.4 cm³/mol. The molecule has 0 aliphatic heterocycles. The molecule has 1 rings (SSSR count). The van der Waals surface area contributed by atoms with Crippen LogP contribution in [0.3, 0.4) is 0 Å². The average molecular weight is 336 g/mol. The molecule has 0 amide bonds. The van der Waals surface area contributed by atoms with Gasteiger partial charge in [0.25, 0.3) is 0 Å². The molecular weight excluding hydrogens is 324 g/mol. The van der Waals surface area contributed by atoms with Crippen LogP contribution in [-0.4, -0.2) is 18.2 Å². The van der Waals surface area contributed by atoms with Crippen LogP contribution in [0.1, 0.15) is 22.3 Å². The minimum Gasteiger partial charge on any atom is -0.496 e. The van der Waals surface area contributed by atoms with Crippen molar-refractivity contribution in [3.8, 4) is 5.75 Å². The van der Waals surface area contributed by atoms with Crippen LogP contribution in [0, 0.1) is 0 Å². The van der Waals surface area contributed by atoms with E-state index in [4.69, 9.17) is 4.74 Å². The van der Waals surface area contributed by atoms with E-state index in [1.54, 1.807) is 13.2 Å². The van der Waals surface area contributed by atoms with E-state index in [-0.39, 0.29) is 5.78 Å². The van der Waals surface area contributed by atoms with Crippen molar-refractivity contribution in [2.75, 3.05) is 12.4 Å². The molecule has 0 saturated carbocycles. The van der Waals surface area contributed by atoms with Gasteiger partial charge in [0.15, 0.2) is 5.78 Å². The average Bonchev–Trinajstić information content (AvgIpc) is 2.28. The number of alkyl halides is 2. The van der Waals surface area contributed by atoms with E-state index in [9.17, 15) is 4.79 Å². The fourth-order valence-corrected chi connectivity index (χ4v) is 2.08. The summed E-state index contributed by atoms with van der Waals surface area (Å²) in [5.74, 6) is 0.957. The minimum absolute atomic E-state index is 0.150. The van der Waals surface area contributed by atoms with E-state index in [1.807, 2.05) is 12.1 Å². The maximum Gasteiger partial charge on any atom is 0.163 e. The molecule has 1 aromatic carbocycles. The van der Waals surface area contributed by atoms with Gasteiger partial charge in [0, 0.05) is 28.2 Å². The highest BCUT2D eigenvalue weighted by Gasteiger charge is 2.08. The standard InChI is InChI=1S/C11H12Br2O2/c1-15-11-3-2-8(6-9(11)7-13)10(14)4-5-12/h2-3,6H,4-5,7H2,1H3. The highest BCUT2D eigenvalue weighted by molar-refractivity contribution is 9.09. The van der Waals surface area contributed by atoms with E-state index in [1.165, 1.54) is 0 Å². The molecule has 0 heterocycles. The SMILES string of the molecule is COc1ccc(C(=O)CCBr)cc1CBr. The quantitative estimate of drug-likeness (QED) is 0.607. The Balaban J connectivity index is 2.97. The summed E-state index contributed by atoms with van der Waals surface area (Å²) in [6, 6.07) is 5.51. The zero-order valence-electron chi connectivity index (χ0n) is 8.43. The highest BCUT2D eigenvalue weighted by atomic mass is 79.9. The molecule has 0 radical (unpaired) electrons. The molecule has 0 N–H and O–H groups in total. The van der Waals surface area contributed by atoms with Crippen molar-refractivity contribution in [3.05, 3.63) is 29.3 Å². The van der Waals surface area contributed by atoms with Gasteiger partial charge in [0.1, 0.15) is 5.75 Å². The highest BCUT2D eigenvalue weighted by Crippen LogP contribution is 2.22. The first-order chi connectivity index (χ1) is 7.22. The summed E-state index contributed by atoms with van der Waals surface area (Å²) < 4.78 is 5.18. The van der Waals surface area contributed by atoms with Crippen molar-refractivity contribution in [2.45, 2.75) is 11.8 Å². The van der Waals surface area contributed by atoms with Gasteiger partial charge in [-0.15, -0.1) is 0 Å². The smallest absolute Gasteiger partial charge is 0.163 e. The summed E-state index contributed by atoms with van der Waals surface area (Å²) in [5.41, 5.74) is 1.74. The van der Waals surface area contributed by atoms with Gasteiger partial charge in [-0.1, -0.05) is 31.9 Å². The van der Waals surface area contributed by atoms with Gasteiger partial charge in [-0.3, -0.25) is 4.79 Å². The molecule has 0 aliphatic carbocycles. The molecule has 15 heavy (non-hydrogen) atoms. The van der Waals surface area contributed by atoms with Crippen molar-refractivity contribution in [1.29, 1.82) is 0 Å². The second-order valence-corrected chi connectivity index (χ2v) is 4.38. The molecule has 0 saturated heterocycles. The summed E-state index contributed by atoms with van der Waals surface area (Å²) in [4.78, 5) is 11.6. The molecule has 0 aliphatic rings. The van der Waals surface area contributed by atoms with Crippen molar-refractivity contribution < 1.29 is 9.53 Å². The summed E-state index contributed by atoms with van der Waals surface area (Å²) in [6.07, 6.45) is 0.522. The van der Waals surface area contributed by atoms with Crippen molar-refractivity contribution >= 4 is 37.6 Å². The number of rotatable bonds is 5. The molecule has 1 aromatic rings. The topological polar surface area (TPSA) is 26.3 Å². The Bertz CT molecular complexity index is 350. The van der Waals surface area contributed by atoms with Crippen molar-refractivity contribution in [3.63, 3.8) is 0 Å². The fourth-order valence-electron chi connectivity index (χ4n) is 1.29. The number of hydrogen-bond donors (Lipinski definition) is 0. The van der Waals surface area contributed by atoms with Crippen LogP contribution in [0.5, 0.6) is 5.75 Å². The van der Waals surface area contributed by atoms with E-state index in [0.717, 1.165) is 16.9 Å². The van der Waals surface area contributed by atoms with Gasteiger partial charge in [0.2, 0.25) is 0 Å². The lowest BCUT2D eigenvalue weighted by Crippen LogP contribution is -2.01. The van der Waals surface area contributed by atoms with E-state index in [0.29, 0.717) is 17.1 Å². The number of benzene rings is 1. The Kier molecular flexibility index (Phi) is 5.32. The number of carbonyl (C=O) groups is 1. The Morgan fingerprint density at radius 2 is 2.13 bits per heavy atom. The van der Waals surface area contributed by atoms with Crippen molar-refractivity contribution in [2.24, 2.45) is 0 Å². The van der Waals surface area contributed by atoms with E-state index in [2.05, 4.69) is 31.9 Å². The van der Waals surface area contributed by atoms with Crippen LogP contribution in [-0.2, 0) is 5.33 Å². The summed E-state index contributed by atoms with van der Waals surface area (Å²) >= 11 is 6.63. The van der Waals surface area contributed by atoms with Crippen molar-refractivity contribution in [1.82, 2.24) is 0 Å². The Labute approximate surface area is 106 Å². The third-order valence-corrected chi connectivity index (χ3v) is 3.07. The zero-order valence-corrected chi connectivity index (χ0v) is 11.6. The van der Waals surface area contributed by atoms with Gasteiger partial charge < -0.3 is 4.74 Å². The Hall–Kier alpha value is -0.350. The lowest BCUT2D eigenvalue weighted by Gasteiger charge is -2.07. The maximum absolute atomic E-state index is 11.6. The molecule has 0 atom stereocenters. The number of ether oxygens (including phenoxy) is 1. The lowest BCUT2D eigenvalue weighted by molar-refractivity contribution is 0.0990. The zero-order chi connectivity index (χ0) is 11.3. The molecular formula is C11H12Br2O2. The number of hydrogen-bond acceptors (Lipinski definition) is 2.